The van der Waals surface area contributed by atoms with Gasteiger partial charge in [0.25, 0.3) is 0 Å². The fraction of sp³-hybridized carbons (Fsp3) is 0.600. The Morgan fingerprint density at radius 2 is 2.06 bits per heavy atom. The Morgan fingerprint density at radius 1 is 1.44 bits per heavy atom. The standard InChI is InChI=1S/C10H16N2O5S/c1-10(2,8(13)14)6-11-9(15)12-7-3-4-18(16,17)5-7/h3-4,7H,5-6H2,1-2H3,(H,13,14)(H2,11,12,15). The van der Waals surface area contributed by atoms with Gasteiger partial charge in [0, 0.05) is 12.0 Å². The zero-order chi connectivity index (χ0) is 14.0. The lowest BCUT2D eigenvalue weighted by Gasteiger charge is -2.20. The summed E-state index contributed by atoms with van der Waals surface area (Å²) in [6.45, 7) is 2.92. The Morgan fingerprint density at radius 3 is 2.50 bits per heavy atom. The second-order valence-electron chi connectivity index (χ2n) is 4.78. The van der Waals surface area contributed by atoms with Gasteiger partial charge in [0.05, 0.1) is 17.2 Å². The van der Waals surface area contributed by atoms with E-state index in [1.807, 2.05) is 0 Å². The minimum Gasteiger partial charge on any atom is -0.481 e. The molecule has 0 aliphatic carbocycles. The Balaban J connectivity index is 2.40. The van der Waals surface area contributed by atoms with E-state index >= 15 is 0 Å². The molecule has 0 spiro atoms. The highest BCUT2D eigenvalue weighted by Crippen LogP contribution is 2.13. The van der Waals surface area contributed by atoms with Crippen LogP contribution in [0.5, 0.6) is 0 Å². The molecular weight excluding hydrogens is 260 g/mol. The largest absolute Gasteiger partial charge is 0.481 e. The molecular formula is C10H16N2O5S. The molecule has 0 saturated carbocycles. The molecule has 1 atom stereocenters. The van der Waals surface area contributed by atoms with Gasteiger partial charge in [0.1, 0.15) is 0 Å². The first-order valence-corrected chi connectivity index (χ1v) is 7.03. The van der Waals surface area contributed by atoms with E-state index in [9.17, 15) is 18.0 Å². The number of urea groups is 1. The highest BCUT2D eigenvalue weighted by atomic mass is 32.2. The molecule has 18 heavy (non-hydrogen) atoms. The monoisotopic (exact) mass is 276 g/mol. The number of carboxylic acids is 1. The zero-order valence-electron chi connectivity index (χ0n) is 10.1. The van der Waals surface area contributed by atoms with E-state index in [1.165, 1.54) is 19.9 Å². The van der Waals surface area contributed by atoms with Crippen LogP contribution in [-0.2, 0) is 14.6 Å². The quantitative estimate of drug-likeness (QED) is 0.653. The Bertz CT molecular complexity index is 480. The van der Waals surface area contributed by atoms with Crippen LogP contribution < -0.4 is 10.6 Å². The number of carbonyl (C=O) groups is 2. The fourth-order valence-corrected chi connectivity index (χ4v) is 2.50. The minimum atomic E-state index is -3.22. The van der Waals surface area contributed by atoms with Crippen LogP contribution in [0.2, 0.25) is 0 Å². The first kappa shape index (κ1) is 14.5. The van der Waals surface area contributed by atoms with Crippen molar-refractivity contribution in [1.82, 2.24) is 10.6 Å². The molecule has 1 unspecified atom stereocenters. The summed E-state index contributed by atoms with van der Waals surface area (Å²) in [7, 11) is -3.22. The Hall–Kier alpha value is -1.57. The van der Waals surface area contributed by atoms with Gasteiger partial charge in [-0.25, -0.2) is 13.2 Å². The van der Waals surface area contributed by atoms with E-state index in [1.54, 1.807) is 0 Å². The summed E-state index contributed by atoms with van der Waals surface area (Å²) < 4.78 is 22.2. The van der Waals surface area contributed by atoms with Crippen molar-refractivity contribution in [3.8, 4) is 0 Å². The molecule has 0 radical (unpaired) electrons. The molecule has 1 heterocycles. The maximum absolute atomic E-state index is 11.4. The van der Waals surface area contributed by atoms with Gasteiger partial charge < -0.3 is 15.7 Å². The smallest absolute Gasteiger partial charge is 0.315 e. The summed E-state index contributed by atoms with van der Waals surface area (Å²) in [6, 6.07) is -1.15. The molecule has 0 aromatic rings. The number of hydrogen-bond donors (Lipinski definition) is 3. The van der Waals surface area contributed by atoms with Crippen LogP contribution in [0, 0.1) is 5.41 Å². The van der Waals surface area contributed by atoms with Crippen molar-refractivity contribution >= 4 is 21.8 Å². The molecule has 1 aliphatic rings. The summed E-state index contributed by atoms with van der Waals surface area (Å²) in [4.78, 5) is 22.2. The van der Waals surface area contributed by atoms with Crippen LogP contribution in [-0.4, -0.2) is 43.9 Å². The van der Waals surface area contributed by atoms with Gasteiger partial charge in [0.15, 0.2) is 9.84 Å². The highest BCUT2D eigenvalue weighted by molar-refractivity contribution is 7.94. The van der Waals surface area contributed by atoms with Gasteiger partial charge in [0.2, 0.25) is 0 Å². The first-order chi connectivity index (χ1) is 8.12. The molecule has 0 aromatic carbocycles. The number of hydrogen-bond acceptors (Lipinski definition) is 4. The number of amides is 2. The molecule has 3 N–H and O–H groups in total. The third-order valence-corrected chi connectivity index (χ3v) is 3.91. The molecule has 2 amide bonds. The van der Waals surface area contributed by atoms with E-state index in [0.717, 1.165) is 5.41 Å². The van der Waals surface area contributed by atoms with Crippen molar-refractivity contribution in [2.75, 3.05) is 12.3 Å². The zero-order valence-corrected chi connectivity index (χ0v) is 11.0. The number of carbonyl (C=O) groups excluding carboxylic acids is 1. The topological polar surface area (TPSA) is 113 Å². The maximum Gasteiger partial charge on any atom is 0.315 e. The van der Waals surface area contributed by atoms with Crippen molar-refractivity contribution in [2.45, 2.75) is 19.9 Å². The maximum atomic E-state index is 11.4. The van der Waals surface area contributed by atoms with Crippen LogP contribution in [0.1, 0.15) is 13.8 Å². The van der Waals surface area contributed by atoms with Gasteiger partial charge in [-0.05, 0) is 19.9 Å². The molecule has 0 fully saturated rings. The normalized spacial score (nSPS) is 21.6. The lowest BCUT2D eigenvalue weighted by atomic mass is 9.94. The number of nitrogens with one attached hydrogen (secondary N) is 2. The number of aliphatic carboxylic acids is 1. The van der Waals surface area contributed by atoms with Crippen LogP contribution >= 0.6 is 0 Å². The number of rotatable bonds is 4. The number of sulfone groups is 1. The molecule has 8 heteroatoms. The van der Waals surface area contributed by atoms with E-state index < -0.39 is 33.3 Å². The van der Waals surface area contributed by atoms with Gasteiger partial charge in [-0.1, -0.05) is 0 Å². The van der Waals surface area contributed by atoms with Crippen molar-refractivity contribution in [3.63, 3.8) is 0 Å². The van der Waals surface area contributed by atoms with E-state index in [4.69, 9.17) is 5.11 Å². The SMILES string of the molecule is CC(C)(CNC(=O)NC1C=CS(=O)(=O)C1)C(=O)O. The fourth-order valence-electron chi connectivity index (χ4n) is 1.26. The van der Waals surface area contributed by atoms with Crippen molar-refractivity contribution in [3.05, 3.63) is 11.5 Å². The predicted molar refractivity (Wildman–Crippen MR) is 64.7 cm³/mol. The molecule has 1 aliphatic heterocycles. The summed E-state index contributed by atoms with van der Waals surface area (Å²) >= 11 is 0. The van der Waals surface area contributed by atoms with Crippen molar-refractivity contribution in [1.29, 1.82) is 0 Å². The van der Waals surface area contributed by atoms with Crippen LogP contribution in [0.3, 0.4) is 0 Å². The van der Waals surface area contributed by atoms with Gasteiger partial charge in [-0.3, -0.25) is 4.79 Å². The molecule has 0 aromatic heterocycles. The molecule has 102 valence electrons. The van der Waals surface area contributed by atoms with Crippen LogP contribution in [0.25, 0.3) is 0 Å². The molecule has 7 nitrogen and oxygen atoms in total. The second-order valence-corrected chi connectivity index (χ2v) is 6.71. The number of carboxylic acid groups (broad SMARTS) is 1. The average Bonchev–Trinajstić information content (AvgIpc) is 2.55. The van der Waals surface area contributed by atoms with E-state index in [2.05, 4.69) is 10.6 Å². The summed E-state index contributed by atoms with van der Waals surface area (Å²) in [5.74, 6) is -1.19. The van der Waals surface area contributed by atoms with Gasteiger partial charge in [-0.2, -0.15) is 0 Å². The molecule has 0 saturated heterocycles. The van der Waals surface area contributed by atoms with Crippen LogP contribution in [0.4, 0.5) is 4.79 Å². The average molecular weight is 276 g/mol. The third kappa shape index (κ3) is 4.02. The summed E-state index contributed by atoms with van der Waals surface area (Å²) in [5.41, 5.74) is -1.07. The summed E-state index contributed by atoms with van der Waals surface area (Å²) in [5, 5.41) is 14.7. The van der Waals surface area contributed by atoms with Gasteiger partial charge in [-0.15, -0.1) is 0 Å². The van der Waals surface area contributed by atoms with Crippen molar-refractivity contribution < 1.29 is 23.1 Å². The highest BCUT2D eigenvalue weighted by Gasteiger charge is 2.28. The molecule has 1 rings (SSSR count). The lowest BCUT2D eigenvalue weighted by molar-refractivity contribution is -0.146. The van der Waals surface area contributed by atoms with Crippen molar-refractivity contribution in [2.24, 2.45) is 5.41 Å². The first-order valence-electron chi connectivity index (χ1n) is 5.31. The van der Waals surface area contributed by atoms with E-state index in [0.29, 0.717) is 0 Å². The molecule has 0 bridgehead atoms. The van der Waals surface area contributed by atoms with Gasteiger partial charge >= 0.3 is 12.0 Å². The lowest BCUT2D eigenvalue weighted by Crippen LogP contribution is -2.47. The second kappa shape index (κ2) is 4.97. The Labute approximate surface area is 105 Å². The predicted octanol–water partition coefficient (Wildman–Crippen LogP) is -0.293. The Kier molecular flexibility index (Phi) is 4.00. The summed E-state index contributed by atoms with van der Waals surface area (Å²) in [6.07, 6.45) is 1.39. The minimum absolute atomic E-state index is 0.0443. The van der Waals surface area contributed by atoms with Crippen LogP contribution in [0.15, 0.2) is 11.5 Å². The third-order valence-electron chi connectivity index (χ3n) is 2.52. The van der Waals surface area contributed by atoms with E-state index in [-0.39, 0.29) is 12.3 Å².